The summed E-state index contributed by atoms with van der Waals surface area (Å²) in [4.78, 5) is 29.7. The lowest BCUT2D eigenvalue weighted by Gasteiger charge is -2.37. The van der Waals surface area contributed by atoms with Crippen LogP contribution in [0.3, 0.4) is 0 Å². The molecule has 2 rings (SSSR count). The summed E-state index contributed by atoms with van der Waals surface area (Å²) in [6.45, 7) is 7.03. The lowest BCUT2D eigenvalue weighted by atomic mass is 10.0. The van der Waals surface area contributed by atoms with Crippen molar-refractivity contribution in [3.8, 4) is 0 Å². The molecule has 1 N–H and O–H groups in total. The van der Waals surface area contributed by atoms with Crippen LogP contribution in [-0.2, 0) is 9.59 Å². The maximum absolute atomic E-state index is 12.4. The zero-order chi connectivity index (χ0) is 16.7. The standard InChI is InChI=1S/C17H31N3O3/c1-2-19(14-17(22)23)15-7-11-18(12-8-15)13-16(21)20-9-5-3-4-6-10-20/h15H,2-14H2,1H3,(H,22,23). The van der Waals surface area contributed by atoms with E-state index in [1.54, 1.807) is 0 Å². The van der Waals surface area contributed by atoms with E-state index in [1.165, 1.54) is 12.8 Å². The van der Waals surface area contributed by atoms with Crippen molar-refractivity contribution in [1.82, 2.24) is 14.7 Å². The zero-order valence-electron chi connectivity index (χ0n) is 14.4. The van der Waals surface area contributed by atoms with Gasteiger partial charge in [-0.1, -0.05) is 19.8 Å². The molecule has 0 unspecified atom stereocenters. The Hall–Kier alpha value is -1.14. The van der Waals surface area contributed by atoms with E-state index in [1.807, 2.05) is 16.7 Å². The minimum absolute atomic E-state index is 0.119. The predicted octanol–water partition coefficient (Wildman–Crippen LogP) is 1.26. The summed E-state index contributed by atoms with van der Waals surface area (Å²) in [7, 11) is 0. The van der Waals surface area contributed by atoms with Gasteiger partial charge in [0, 0.05) is 32.2 Å². The monoisotopic (exact) mass is 325 g/mol. The highest BCUT2D eigenvalue weighted by Gasteiger charge is 2.27. The largest absolute Gasteiger partial charge is 0.480 e. The number of nitrogens with zero attached hydrogens (tertiary/aromatic N) is 3. The summed E-state index contributed by atoms with van der Waals surface area (Å²) in [5.74, 6) is -0.492. The normalized spacial score (nSPS) is 21.4. The molecule has 0 aliphatic carbocycles. The van der Waals surface area contributed by atoms with E-state index in [0.29, 0.717) is 12.6 Å². The van der Waals surface area contributed by atoms with Crippen LogP contribution in [0.4, 0.5) is 0 Å². The molecule has 0 radical (unpaired) electrons. The van der Waals surface area contributed by atoms with Crippen LogP contribution >= 0.6 is 0 Å². The Kier molecular flexibility index (Phi) is 7.30. The number of carboxylic acids is 1. The highest BCUT2D eigenvalue weighted by Crippen LogP contribution is 2.17. The first-order chi connectivity index (χ1) is 11.1. The number of hydrogen-bond donors (Lipinski definition) is 1. The molecule has 0 aromatic heterocycles. The number of hydrogen-bond acceptors (Lipinski definition) is 4. The van der Waals surface area contributed by atoms with Crippen LogP contribution < -0.4 is 0 Å². The molecule has 0 saturated carbocycles. The minimum Gasteiger partial charge on any atom is -0.480 e. The summed E-state index contributed by atoms with van der Waals surface area (Å²) in [5.41, 5.74) is 0. The lowest BCUT2D eigenvalue weighted by molar-refractivity contribution is -0.139. The fraction of sp³-hybridized carbons (Fsp3) is 0.882. The smallest absolute Gasteiger partial charge is 0.317 e. The highest BCUT2D eigenvalue weighted by molar-refractivity contribution is 5.78. The van der Waals surface area contributed by atoms with Gasteiger partial charge in [0.2, 0.25) is 5.91 Å². The third-order valence-corrected chi connectivity index (χ3v) is 5.14. The Labute approximate surface area is 139 Å². The highest BCUT2D eigenvalue weighted by atomic mass is 16.4. The molecule has 0 aromatic rings. The van der Waals surface area contributed by atoms with Crippen LogP contribution in [0.25, 0.3) is 0 Å². The second-order valence-electron chi connectivity index (χ2n) is 6.76. The molecule has 2 aliphatic rings. The zero-order valence-corrected chi connectivity index (χ0v) is 14.4. The third kappa shape index (κ3) is 5.77. The molecular weight excluding hydrogens is 294 g/mol. The summed E-state index contributed by atoms with van der Waals surface area (Å²) in [5, 5.41) is 8.98. The molecule has 6 heteroatoms. The van der Waals surface area contributed by atoms with Gasteiger partial charge >= 0.3 is 5.97 Å². The van der Waals surface area contributed by atoms with Crippen LogP contribution in [0, 0.1) is 0 Å². The quantitative estimate of drug-likeness (QED) is 0.796. The summed E-state index contributed by atoms with van der Waals surface area (Å²) >= 11 is 0. The molecule has 23 heavy (non-hydrogen) atoms. The molecule has 132 valence electrons. The number of likely N-dealkylation sites (N-methyl/N-ethyl adjacent to an activating group) is 1. The lowest BCUT2D eigenvalue weighted by Crippen LogP contribution is -2.49. The van der Waals surface area contributed by atoms with Crippen LogP contribution in [0.1, 0.15) is 45.4 Å². The molecule has 2 saturated heterocycles. The maximum atomic E-state index is 12.4. The van der Waals surface area contributed by atoms with E-state index in [-0.39, 0.29) is 12.5 Å². The number of amides is 1. The number of carbonyl (C=O) groups is 2. The Morgan fingerprint density at radius 2 is 1.65 bits per heavy atom. The van der Waals surface area contributed by atoms with Crippen molar-refractivity contribution in [3.05, 3.63) is 0 Å². The first kappa shape index (κ1) is 18.2. The molecule has 0 spiro atoms. The van der Waals surface area contributed by atoms with Crippen LogP contribution in [0.15, 0.2) is 0 Å². The van der Waals surface area contributed by atoms with Gasteiger partial charge in [0.15, 0.2) is 0 Å². The SMILES string of the molecule is CCN(CC(=O)O)C1CCN(CC(=O)N2CCCCCC2)CC1. The molecule has 2 fully saturated rings. The van der Waals surface area contributed by atoms with Gasteiger partial charge in [0.1, 0.15) is 0 Å². The van der Waals surface area contributed by atoms with Crippen molar-refractivity contribution < 1.29 is 14.7 Å². The van der Waals surface area contributed by atoms with E-state index in [4.69, 9.17) is 5.11 Å². The Balaban J connectivity index is 1.75. The van der Waals surface area contributed by atoms with Crippen molar-refractivity contribution in [2.75, 3.05) is 45.8 Å². The van der Waals surface area contributed by atoms with E-state index >= 15 is 0 Å². The average Bonchev–Trinajstić information content (AvgIpc) is 2.82. The Morgan fingerprint density at radius 3 is 2.17 bits per heavy atom. The number of carboxylic acid groups (broad SMARTS) is 1. The summed E-state index contributed by atoms with van der Waals surface area (Å²) < 4.78 is 0. The molecule has 0 aromatic carbocycles. The average molecular weight is 325 g/mol. The molecule has 0 atom stereocenters. The van der Waals surface area contributed by atoms with Crippen molar-refractivity contribution in [2.45, 2.75) is 51.5 Å². The van der Waals surface area contributed by atoms with Gasteiger partial charge in [-0.25, -0.2) is 0 Å². The van der Waals surface area contributed by atoms with E-state index in [9.17, 15) is 9.59 Å². The molecule has 2 aliphatic heterocycles. The first-order valence-corrected chi connectivity index (χ1v) is 9.06. The fourth-order valence-electron chi connectivity index (χ4n) is 3.73. The number of rotatable bonds is 6. The third-order valence-electron chi connectivity index (χ3n) is 5.14. The molecule has 6 nitrogen and oxygen atoms in total. The van der Waals surface area contributed by atoms with Crippen LogP contribution in [0.5, 0.6) is 0 Å². The first-order valence-electron chi connectivity index (χ1n) is 9.06. The van der Waals surface area contributed by atoms with Crippen molar-refractivity contribution in [1.29, 1.82) is 0 Å². The molecule has 1 amide bonds. The Bertz CT molecular complexity index is 387. The van der Waals surface area contributed by atoms with Crippen molar-refractivity contribution >= 4 is 11.9 Å². The van der Waals surface area contributed by atoms with Crippen molar-refractivity contribution in [3.63, 3.8) is 0 Å². The topological polar surface area (TPSA) is 64.1 Å². The summed E-state index contributed by atoms with van der Waals surface area (Å²) in [6.07, 6.45) is 6.66. The number of aliphatic carboxylic acids is 1. The summed E-state index contributed by atoms with van der Waals surface area (Å²) in [6, 6.07) is 0.334. The van der Waals surface area contributed by atoms with Crippen molar-refractivity contribution in [2.24, 2.45) is 0 Å². The van der Waals surface area contributed by atoms with Crippen LogP contribution in [-0.4, -0.2) is 83.5 Å². The number of likely N-dealkylation sites (tertiary alicyclic amines) is 2. The second-order valence-corrected chi connectivity index (χ2v) is 6.76. The van der Waals surface area contributed by atoms with E-state index in [2.05, 4.69) is 4.90 Å². The van der Waals surface area contributed by atoms with Gasteiger partial charge in [-0.15, -0.1) is 0 Å². The Morgan fingerprint density at radius 1 is 1.04 bits per heavy atom. The van der Waals surface area contributed by atoms with Gasteiger partial charge in [0.05, 0.1) is 13.1 Å². The second kappa shape index (κ2) is 9.23. The number of carbonyl (C=O) groups excluding carboxylic acids is 1. The molecule has 2 heterocycles. The van der Waals surface area contributed by atoms with Gasteiger partial charge in [-0.2, -0.15) is 0 Å². The van der Waals surface area contributed by atoms with Gasteiger partial charge in [0.25, 0.3) is 0 Å². The predicted molar refractivity (Wildman–Crippen MR) is 89.4 cm³/mol. The van der Waals surface area contributed by atoms with Crippen LogP contribution in [0.2, 0.25) is 0 Å². The van der Waals surface area contributed by atoms with E-state index < -0.39 is 5.97 Å². The fourth-order valence-corrected chi connectivity index (χ4v) is 3.73. The number of piperidine rings is 1. The van der Waals surface area contributed by atoms with E-state index in [0.717, 1.165) is 58.4 Å². The van der Waals surface area contributed by atoms with Gasteiger partial charge in [-0.05, 0) is 32.2 Å². The minimum atomic E-state index is -0.759. The molecule has 0 bridgehead atoms. The maximum Gasteiger partial charge on any atom is 0.317 e. The molecular formula is C17H31N3O3. The van der Waals surface area contributed by atoms with Gasteiger partial charge < -0.3 is 10.0 Å². The van der Waals surface area contributed by atoms with Gasteiger partial charge in [-0.3, -0.25) is 19.4 Å².